The van der Waals surface area contributed by atoms with Crippen LogP contribution in [0.4, 0.5) is 16.2 Å². The van der Waals surface area contributed by atoms with Gasteiger partial charge in [0.05, 0.1) is 11.0 Å². The second kappa shape index (κ2) is 8.16. The number of hydrogen-bond acceptors (Lipinski definition) is 3. The summed E-state index contributed by atoms with van der Waals surface area (Å²) in [4.78, 5) is 23.8. The van der Waals surface area contributed by atoms with Crippen molar-refractivity contribution in [1.82, 2.24) is 0 Å². The Morgan fingerprint density at radius 1 is 0.920 bits per heavy atom. The van der Waals surface area contributed by atoms with Crippen LogP contribution in [0.2, 0.25) is 0 Å². The fourth-order valence-electron chi connectivity index (χ4n) is 2.25. The molecular weight excluding hydrogens is 384 g/mol. The van der Waals surface area contributed by atoms with Gasteiger partial charge in [0.25, 0.3) is 0 Å². The molecule has 0 unspecified atom stereocenters. The van der Waals surface area contributed by atoms with E-state index in [2.05, 4.69) is 26.6 Å². The van der Waals surface area contributed by atoms with E-state index in [1.54, 1.807) is 6.07 Å². The van der Waals surface area contributed by atoms with Crippen LogP contribution < -0.4 is 10.6 Å². The lowest BCUT2D eigenvalue weighted by Crippen LogP contribution is -2.27. The van der Waals surface area contributed by atoms with Crippen molar-refractivity contribution in [3.8, 4) is 11.1 Å². The van der Waals surface area contributed by atoms with Crippen LogP contribution in [0, 0.1) is 0 Å². The van der Waals surface area contributed by atoms with Gasteiger partial charge >= 0.3 is 6.09 Å². The van der Waals surface area contributed by atoms with Gasteiger partial charge in [0.2, 0.25) is 5.91 Å². The molecule has 132 valence electrons. The standard InChI is InChI=1S/C19H21BrN2O3/c1-19(2,3)25-18(24)22-16-11-7-5-9-14(16)13-8-4-6-10-15(13)21-17(23)12-20/h4-11H,12H2,1-3H3,(H,21,23)(H,22,24). The van der Waals surface area contributed by atoms with E-state index < -0.39 is 11.7 Å². The molecule has 0 spiro atoms. The summed E-state index contributed by atoms with van der Waals surface area (Å²) in [6, 6.07) is 14.8. The van der Waals surface area contributed by atoms with Crippen LogP contribution in [0.5, 0.6) is 0 Å². The molecule has 2 aromatic carbocycles. The molecule has 0 bridgehead atoms. The first-order chi connectivity index (χ1) is 11.8. The summed E-state index contributed by atoms with van der Waals surface area (Å²) < 4.78 is 5.32. The van der Waals surface area contributed by atoms with Crippen molar-refractivity contribution in [1.29, 1.82) is 0 Å². The molecule has 0 saturated carbocycles. The highest BCUT2D eigenvalue weighted by atomic mass is 79.9. The molecule has 5 nitrogen and oxygen atoms in total. The Hall–Kier alpha value is -2.34. The van der Waals surface area contributed by atoms with Gasteiger partial charge in [-0.1, -0.05) is 52.3 Å². The summed E-state index contributed by atoms with van der Waals surface area (Å²) in [6.45, 7) is 5.43. The Morgan fingerprint density at radius 3 is 1.88 bits per heavy atom. The summed E-state index contributed by atoms with van der Waals surface area (Å²) in [6.07, 6.45) is -0.526. The number of halogens is 1. The summed E-state index contributed by atoms with van der Waals surface area (Å²) in [5, 5.41) is 5.83. The number of ether oxygens (including phenoxy) is 1. The summed E-state index contributed by atoms with van der Waals surface area (Å²) in [7, 11) is 0. The molecule has 6 heteroatoms. The number of alkyl halides is 1. The normalized spacial score (nSPS) is 10.9. The van der Waals surface area contributed by atoms with E-state index in [0.29, 0.717) is 11.4 Å². The molecule has 0 radical (unpaired) electrons. The largest absolute Gasteiger partial charge is 0.444 e. The Balaban J connectivity index is 2.35. The third kappa shape index (κ3) is 5.60. The molecule has 0 aliphatic carbocycles. The molecule has 0 aliphatic rings. The maximum absolute atomic E-state index is 12.1. The third-order valence-electron chi connectivity index (χ3n) is 3.18. The van der Waals surface area contributed by atoms with Crippen LogP contribution in [-0.4, -0.2) is 22.9 Å². The summed E-state index contributed by atoms with van der Waals surface area (Å²) >= 11 is 3.14. The zero-order valence-electron chi connectivity index (χ0n) is 14.4. The molecule has 2 aromatic rings. The van der Waals surface area contributed by atoms with Crippen molar-refractivity contribution in [3.05, 3.63) is 48.5 Å². The van der Waals surface area contributed by atoms with Gasteiger partial charge in [-0.25, -0.2) is 4.79 Å². The van der Waals surface area contributed by atoms with Crippen molar-refractivity contribution in [2.75, 3.05) is 16.0 Å². The predicted molar refractivity (Wildman–Crippen MR) is 104 cm³/mol. The number of para-hydroxylation sites is 2. The van der Waals surface area contributed by atoms with E-state index in [-0.39, 0.29) is 11.2 Å². The molecule has 2 N–H and O–H groups in total. The van der Waals surface area contributed by atoms with E-state index in [1.807, 2.05) is 63.2 Å². The van der Waals surface area contributed by atoms with Crippen molar-refractivity contribution >= 4 is 39.3 Å². The molecule has 2 rings (SSSR count). The number of carbonyl (C=O) groups excluding carboxylic acids is 2. The van der Waals surface area contributed by atoms with Gasteiger partial charge in [0, 0.05) is 16.8 Å². The van der Waals surface area contributed by atoms with Crippen molar-refractivity contribution in [3.63, 3.8) is 0 Å². The summed E-state index contributed by atoms with van der Waals surface area (Å²) in [5.74, 6) is -0.148. The molecule has 25 heavy (non-hydrogen) atoms. The maximum atomic E-state index is 12.1. The van der Waals surface area contributed by atoms with Gasteiger partial charge in [-0.2, -0.15) is 0 Å². The number of hydrogen-bond donors (Lipinski definition) is 2. The first-order valence-corrected chi connectivity index (χ1v) is 8.96. The third-order valence-corrected chi connectivity index (χ3v) is 3.68. The van der Waals surface area contributed by atoms with Gasteiger partial charge in [0.1, 0.15) is 5.60 Å². The van der Waals surface area contributed by atoms with Crippen LogP contribution >= 0.6 is 15.9 Å². The molecule has 2 amide bonds. The van der Waals surface area contributed by atoms with Crippen LogP contribution in [0.3, 0.4) is 0 Å². The Kier molecular flexibility index (Phi) is 6.20. The lowest BCUT2D eigenvalue weighted by Gasteiger charge is -2.21. The number of nitrogens with one attached hydrogen (secondary N) is 2. The number of amides is 2. The average molecular weight is 405 g/mol. The van der Waals surface area contributed by atoms with Crippen molar-refractivity contribution in [2.45, 2.75) is 26.4 Å². The molecule has 0 aromatic heterocycles. The van der Waals surface area contributed by atoms with Gasteiger partial charge in [-0.05, 0) is 32.9 Å². The quantitative estimate of drug-likeness (QED) is 0.701. The maximum Gasteiger partial charge on any atom is 0.412 e. The van der Waals surface area contributed by atoms with E-state index in [4.69, 9.17) is 4.74 Å². The Morgan fingerprint density at radius 2 is 1.40 bits per heavy atom. The SMILES string of the molecule is CC(C)(C)OC(=O)Nc1ccccc1-c1ccccc1NC(=O)CBr. The van der Waals surface area contributed by atoms with E-state index in [1.165, 1.54) is 0 Å². The van der Waals surface area contributed by atoms with Crippen LogP contribution in [0.25, 0.3) is 11.1 Å². The lowest BCUT2D eigenvalue weighted by molar-refractivity contribution is -0.113. The van der Waals surface area contributed by atoms with E-state index in [9.17, 15) is 9.59 Å². The first kappa shape index (κ1) is 19.0. The fourth-order valence-corrected chi connectivity index (χ4v) is 2.39. The van der Waals surface area contributed by atoms with Gasteiger partial charge in [-0.3, -0.25) is 10.1 Å². The number of benzene rings is 2. The highest BCUT2D eigenvalue weighted by Gasteiger charge is 2.18. The molecule has 0 saturated heterocycles. The fraction of sp³-hybridized carbons (Fsp3) is 0.263. The smallest absolute Gasteiger partial charge is 0.412 e. The topological polar surface area (TPSA) is 67.4 Å². The van der Waals surface area contributed by atoms with Gasteiger partial charge in [0.15, 0.2) is 0 Å². The number of anilines is 2. The minimum Gasteiger partial charge on any atom is -0.444 e. The number of carbonyl (C=O) groups is 2. The Labute approximate surface area is 155 Å². The minimum absolute atomic E-state index is 0.148. The second-order valence-corrected chi connectivity index (χ2v) is 6.96. The monoisotopic (exact) mass is 404 g/mol. The van der Waals surface area contributed by atoms with Crippen LogP contribution in [0.1, 0.15) is 20.8 Å². The summed E-state index contributed by atoms with van der Waals surface area (Å²) in [5.41, 5.74) is 2.30. The van der Waals surface area contributed by atoms with Crippen LogP contribution in [-0.2, 0) is 9.53 Å². The molecule has 0 aliphatic heterocycles. The predicted octanol–water partition coefficient (Wildman–Crippen LogP) is 5.03. The molecule has 0 atom stereocenters. The van der Waals surface area contributed by atoms with E-state index >= 15 is 0 Å². The first-order valence-electron chi connectivity index (χ1n) is 7.84. The Bertz CT molecular complexity index is 769. The molecular formula is C19H21BrN2O3. The highest BCUT2D eigenvalue weighted by molar-refractivity contribution is 9.09. The van der Waals surface area contributed by atoms with Gasteiger partial charge < -0.3 is 10.1 Å². The zero-order valence-corrected chi connectivity index (χ0v) is 16.0. The van der Waals surface area contributed by atoms with Crippen molar-refractivity contribution in [2.24, 2.45) is 0 Å². The van der Waals surface area contributed by atoms with E-state index in [0.717, 1.165) is 11.1 Å². The highest BCUT2D eigenvalue weighted by Crippen LogP contribution is 2.33. The average Bonchev–Trinajstić information content (AvgIpc) is 2.54. The second-order valence-electron chi connectivity index (χ2n) is 6.40. The van der Waals surface area contributed by atoms with Crippen LogP contribution in [0.15, 0.2) is 48.5 Å². The van der Waals surface area contributed by atoms with Gasteiger partial charge in [-0.15, -0.1) is 0 Å². The molecule has 0 heterocycles. The minimum atomic E-state index is -0.583. The number of rotatable bonds is 4. The van der Waals surface area contributed by atoms with Crippen molar-refractivity contribution < 1.29 is 14.3 Å². The lowest BCUT2D eigenvalue weighted by atomic mass is 10.0. The zero-order chi connectivity index (χ0) is 18.4. The molecule has 0 fully saturated rings.